The molecule has 0 unspecified atom stereocenters. The standard InChI is InChI=1S/C17H18N2O4S2.C14H10N2O3S.C13H8Cl2N2O4S2.C13H22N2O4S2.C13H10N2O4S2.C9H18N2O4S2.2H2/c1-11-5-8-16(14(4)9-11)25(22,23)17(19-18)24(20,21)15-7-6-12(2)13(3)10-15;15-16-14(13(17)11-7-3-1-4-8-11)20(18,19)12-9-5-2-6-10-12;14-9-1-5-11(6-2-9)22(18,19)13(17-16)23(20,21)12-7-3-10(15)4-8-12;2*14-15-13(20(16,17)11-7-3-1-4-8-11)21(18,19)12-9-5-2-6-10-12;1-8(2,3)16(12,13)7(11-10)17(14,15)9(4,5)6;;/h5-10H,1-4H3;1-10H;1-8H;11-12H,1-10H2;1-10H;1-6H3;2*1H. The number of ketones is 1. The van der Waals surface area contributed by atoms with E-state index < -0.39 is 161 Å². The van der Waals surface area contributed by atoms with Crippen molar-refractivity contribution in [2.45, 2.75) is 188 Å². The number of rotatable bonds is 11. The summed E-state index contributed by atoms with van der Waals surface area (Å²) in [6.45, 7) is 14.9. The smallest absolute Gasteiger partial charge is 0.360 e. The van der Waals surface area contributed by atoms with Gasteiger partial charge in [0, 0.05) is 18.5 Å². The van der Waals surface area contributed by atoms with E-state index in [-0.39, 0.29) is 52.7 Å². The average Bonchev–Trinajstić information content (AvgIpc) is 0.763. The van der Waals surface area contributed by atoms with Crippen molar-refractivity contribution in [2.24, 2.45) is 0 Å². The van der Waals surface area contributed by atoms with E-state index in [2.05, 4.69) is 28.7 Å². The molecule has 0 heterocycles. The number of halogens is 2. The Morgan fingerprint density at radius 3 is 0.898 bits per heavy atom. The lowest BCUT2D eigenvalue weighted by Crippen LogP contribution is -2.45. The van der Waals surface area contributed by atoms with Gasteiger partial charge in [0.1, 0.15) is 0 Å². The highest BCUT2D eigenvalue weighted by atomic mass is 35.5. The molecular formula is C79H90Cl2N12O23S11. The highest BCUT2D eigenvalue weighted by Gasteiger charge is 2.55. The highest BCUT2D eigenvalue weighted by molar-refractivity contribution is 8.33. The third kappa shape index (κ3) is 25.6. The molecule has 0 amide bonds. The van der Waals surface area contributed by atoms with Crippen LogP contribution in [0.2, 0.25) is 10.0 Å². The van der Waals surface area contributed by atoms with Crippen LogP contribution in [-0.4, -0.2) is 174 Å². The van der Waals surface area contributed by atoms with Gasteiger partial charge < -0.3 is 33.2 Å². The molecule has 0 aliphatic heterocycles. The molecule has 8 aromatic rings. The molecule has 0 bridgehead atoms. The lowest BCUT2D eigenvalue weighted by Gasteiger charge is -2.22. The van der Waals surface area contributed by atoms with Gasteiger partial charge >= 0.3 is 26.9 Å². The van der Waals surface area contributed by atoms with Crippen LogP contribution in [0, 0.1) is 27.7 Å². The first-order valence-corrected chi connectivity index (χ1v) is 54.4. The third-order valence-corrected chi connectivity index (χ3v) is 44.4. The summed E-state index contributed by atoms with van der Waals surface area (Å²) in [5, 5.41) is -1.81. The van der Waals surface area contributed by atoms with Crippen molar-refractivity contribution in [2.75, 3.05) is 0 Å². The van der Waals surface area contributed by atoms with Gasteiger partial charge in [-0.25, -0.2) is 92.6 Å². The number of hydrogen-bond acceptors (Lipinski definition) is 23. The van der Waals surface area contributed by atoms with Gasteiger partial charge in [-0.15, -0.1) is 28.7 Å². The van der Waals surface area contributed by atoms with Gasteiger partial charge in [-0.3, -0.25) is 4.79 Å². The van der Waals surface area contributed by atoms with Gasteiger partial charge in [-0.1, -0.05) is 170 Å². The molecule has 0 saturated heterocycles. The zero-order chi connectivity index (χ0) is 96.1. The molecule has 0 N–H and O–H groups in total. The Kier molecular flexibility index (Phi) is 36.9. The highest BCUT2D eigenvalue weighted by Crippen LogP contribution is 2.33. The first kappa shape index (κ1) is 107. The maximum atomic E-state index is 12.8. The van der Waals surface area contributed by atoms with E-state index in [1.807, 2.05) is 0 Å². The Labute approximate surface area is 751 Å². The molecule has 48 heteroatoms. The largest absolute Gasteiger partial charge is 0.504 e. The van der Waals surface area contributed by atoms with Crippen LogP contribution >= 0.6 is 23.2 Å². The number of carbonyl (C=O) groups excluding carboxylic acids is 1. The van der Waals surface area contributed by atoms with E-state index in [9.17, 15) is 103 Å². The summed E-state index contributed by atoms with van der Waals surface area (Å²) >= 11 is 11.3. The lowest BCUT2D eigenvalue weighted by molar-refractivity contribution is -0.00162. The van der Waals surface area contributed by atoms with Crippen molar-refractivity contribution in [1.29, 1.82) is 0 Å². The minimum atomic E-state index is -4.56. The molecule has 2 aliphatic rings. The fourth-order valence-corrected chi connectivity index (χ4v) is 32.0. The van der Waals surface area contributed by atoms with Crippen LogP contribution in [0.3, 0.4) is 0 Å². The van der Waals surface area contributed by atoms with Crippen molar-refractivity contribution in [3.63, 3.8) is 0 Å². The van der Waals surface area contributed by atoms with Gasteiger partial charge in [0.2, 0.25) is 0 Å². The second-order valence-corrected chi connectivity index (χ2v) is 54.4. The number of nitrogens with zero attached hydrogens (tertiary/aromatic N) is 12. The lowest BCUT2D eigenvalue weighted by atomic mass is 10.0. The third-order valence-electron chi connectivity index (χ3n) is 18.7. The van der Waals surface area contributed by atoms with Crippen LogP contribution in [0.1, 0.15) is 141 Å². The Morgan fingerprint density at radius 2 is 0.598 bits per heavy atom. The Morgan fingerprint density at radius 1 is 0.307 bits per heavy atom. The van der Waals surface area contributed by atoms with Crippen LogP contribution < -0.4 is 0 Å². The maximum Gasteiger partial charge on any atom is 0.504 e. The Hall–Kier alpha value is -10.3. The van der Waals surface area contributed by atoms with Gasteiger partial charge in [0.05, 0.1) is 54.3 Å². The van der Waals surface area contributed by atoms with E-state index in [4.69, 9.17) is 50.9 Å². The quantitative estimate of drug-likeness (QED) is 0.0381. The van der Waals surface area contributed by atoms with Crippen molar-refractivity contribution in [3.05, 3.63) is 277 Å². The topological polar surface area (TPSA) is 611 Å². The summed E-state index contributed by atoms with van der Waals surface area (Å²) in [6, 6.07) is 47.2. The number of aryl methyl sites for hydroxylation is 4. The van der Waals surface area contributed by atoms with Crippen molar-refractivity contribution in [3.8, 4) is 0 Å². The van der Waals surface area contributed by atoms with Gasteiger partial charge in [0.25, 0.3) is 114 Å². The number of hydrogen-bond donors (Lipinski definition) is 0. The van der Waals surface area contributed by atoms with Crippen LogP contribution in [-0.2, 0) is 108 Å². The zero-order valence-corrected chi connectivity index (χ0v) is 79.9. The molecule has 2 aliphatic carbocycles. The molecule has 0 spiro atoms. The first-order chi connectivity index (χ1) is 58.8. The second-order valence-electron chi connectivity index (χ2n) is 29.7. The molecule has 10 rings (SSSR count). The molecule has 0 aromatic heterocycles. The number of sulfone groups is 11. The maximum absolute atomic E-state index is 12.8. The van der Waals surface area contributed by atoms with Crippen LogP contribution in [0.4, 0.5) is 0 Å². The van der Waals surface area contributed by atoms with E-state index in [0.29, 0.717) is 36.8 Å². The summed E-state index contributed by atoms with van der Waals surface area (Å²) in [4.78, 5) is 25.9. The molecule has 684 valence electrons. The molecule has 8 aromatic carbocycles. The van der Waals surface area contributed by atoms with E-state index in [1.54, 1.807) is 82.3 Å². The van der Waals surface area contributed by atoms with Crippen molar-refractivity contribution >= 4 is 164 Å². The van der Waals surface area contributed by atoms with E-state index >= 15 is 0 Å². The summed E-state index contributed by atoms with van der Waals surface area (Å²) in [5.74, 6) is -0.850. The SMILES string of the molecule is CC(C)(C)S(=O)(=O)C(=[N+]=[N-])S(=O)(=O)C(C)(C)C.Cc1ccc(S(=O)(=O)C(=[N+]=[N-])S(=O)(=O)c2ccc(C)c(C)c2)c(C)c1.[HH].[HH].[N-]=[N+]=C(C(=O)c1ccccc1)S(=O)(=O)c1ccccc1.[N-]=[N+]=C(S(=O)(=O)C1CCCCC1)S(=O)(=O)C1CCCCC1.[N-]=[N+]=C(S(=O)(=O)c1ccc(Cl)cc1)S(=O)(=O)c1ccc(Cl)cc1.[N-]=[N+]=C(S(=O)(=O)c1ccccc1)S(=O)(=O)c1ccccc1. The second kappa shape index (κ2) is 43.7. The Balaban J connectivity index is 0.000000399. The molecule has 2 fully saturated rings. The summed E-state index contributed by atoms with van der Waals surface area (Å²) in [7, 11) is -47.8. The van der Waals surface area contributed by atoms with Crippen LogP contribution in [0.5, 0.6) is 0 Å². The number of carbonyl (C=O) groups is 1. The van der Waals surface area contributed by atoms with E-state index in [1.165, 1.54) is 169 Å². The Bertz CT molecular complexity index is 6950. The van der Waals surface area contributed by atoms with Gasteiger partial charge in [-0.2, -0.15) is 0 Å². The van der Waals surface area contributed by atoms with Crippen molar-refractivity contribution < 1.29 is 129 Å². The molecule has 2 saturated carbocycles. The van der Waals surface area contributed by atoms with Crippen molar-refractivity contribution in [1.82, 2.24) is 0 Å². The number of benzene rings is 8. The fraction of sp³-hybridized carbons (Fsp3) is 0.304. The molecule has 0 radical (unpaired) electrons. The minimum absolute atomic E-state index is 0. The number of Topliss-reactive ketones (excluding diaryl/α,β-unsaturated/α-hetero) is 1. The first-order valence-electron chi connectivity index (χ1n) is 37.2. The fourth-order valence-electron chi connectivity index (χ4n) is 11.5. The normalized spacial score (nSPS) is 13.7. The van der Waals surface area contributed by atoms with Crippen LogP contribution in [0.25, 0.3) is 33.2 Å². The predicted octanol–water partition coefficient (Wildman–Crippen LogP) is 12.6. The average molecular weight is 2000 g/mol. The molecule has 35 nitrogen and oxygen atoms in total. The van der Waals surface area contributed by atoms with Crippen LogP contribution in [0.15, 0.2) is 241 Å². The monoisotopic (exact) mass is 2000 g/mol. The van der Waals surface area contributed by atoms with Gasteiger partial charge in [-0.05, 0) is 215 Å². The van der Waals surface area contributed by atoms with E-state index in [0.717, 1.165) is 73.9 Å². The molecule has 0 atom stereocenters. The minimum Gasteiger partial charge on any atom is -0.360 e. The summed E-state index contributed by atoms with van der Waals surface area (Å²) < 4.78 is 264. The molecular weight excluding hydrogens is 1910 g/mol. The molecule has 127 heavy (non-hydrogen) atoms. The van der Waals surface area contributed by atoms with Gasteiger partial charge in [0.15, 0.2) is 0 Å². The summed E-state index contributed by atoms with van der Waals surface area (Å²) in [6.07, 6.45) is 6.79. The zero-order valence-electron chi connectivity index (χ0n) is 69.4. The summed E-state index contributed by atoms with van der Waals surface area (Å²) in [5.41, 5.74) is 56.8. The predicted molar refractivity (Wildman–Crippen MR) is 480 cm³/mol.